The number of aromatic hydroxyl groups is 1. The highest BCUT2D eigenvalue weighted by atomic mass is 16.5. The van der Waals surface area contributed by atoms with E-state index in [4.69, 9.17) is 15.3 Å². The van der Waals surface area contributed by atoms with E-state index < -0.39 is 18.1 Å². The van der Waals surface area contributed by atoms with E-state index in [1.165, 1.54) is 17.1 Å². The predicted molar refractivity (Wildman–Crippen MR) is 110 cm³/mol. The Bertz CT molecular complexity index is 779. The number of morpholine rings is 1. The minimum atomic E-state index is -1.16. The van der Waals surface area contributed by atoms with Crippen LogP contribution in [0.1, 0.15) is 11.1 Å². The number of hydrogen-bond donors (Lipinski definition) is 3. The highest BCUT2D eigenvalue weighted by molar-refractivity contribution is 5.80. The number of amides is 1. The van der Waals surface area contributed by atoms with Crippen LogP contribution < -0.4 is 5.32 Å². The smallest absolute Gasteiger partial charge is 0.408 e. The Morgan fingerprint density at radius 2 is 1.70 bits per heavy atom. The van der Waals surface area contributed by atoms with Gasteiger partial charge in [0.2, 0.25) is 0 Å². The van der Waals surface area contributed by atoms with E-state index in [0.29, 0.717) is 5.56 Å². The molecule has 1 aliphatic heterocycles. The van der Waals surface area contributed by atoms with Crippen LogP contribution in [-0.2, 0) is 27.3 Å². The number of nitrogens with zero attached hydrogens (tertiary/aromatic N) is 1. The van der Waals surface area contributed by atoms with Gasteiger partial charge in [-0.15, -0.1) is 0 Å². The third-order valence-corrected chi connectivity index (χ3v) is 4.19. The number of carboxylic acid groups (broad SMARTS) is 1. The van der Waals surface area contributed by atoms with Gasteiger partial charge < -0.3 is 35.9 Å². The van der Waals surface area contributed by atoms with Gasteiger partial charge in [-0.25, -0.2) is 9.59 Å². The average molecular weight is 416 g/mol. The lowest BCUT2D eigenvalue weighted by Gasteiger charge is -2.30. The molecule has 0 unspecified atom stereocenters. The minimum Gasteiger partial charge on any atom is -0.609 e. The van der Waals surface area contributed by atoms with Crippen LogP contribution in [-0.4, -0.2) is 59.6 Å². The van der Waals surface area contributed by atoms with Crippen molar-refractivity contribution in [2.45, 2.75) is 19.1 Å². The second-order valence-electron chi connectivity index (χ2n) is 6.57. The summed E-state index contributed by atoms with van der Waals surface area (Å²) in [6, 6.07) is 14.1. The van der Waals surface area contributed by atoms with Crippen molar-refractivity contribution in [3.8, 4) is 5.75 Å². The maximum Gasteiger partial charge on any atom is 0.408 e. The molecule has 30 heavy (non-hydrogen) atoms. The zero-order valence-electron chi connectivity index (χ0n) is 16.5. The molecule has 0 radical (unpaired) electrons. The van der Waals surface area contributed by atoms with Crippen LogP contribution in [0.5, 0.6) is 5.75 Å². The van der Waals surface area contributed by atoms with Crippen LogP contribution in [0.25, 0.3) is 5.84 Å². The summed E-state index contributed by atoms with van der Waals surface area (Å²) in [6.45, 7) is 3.05. The lowest BCUT2D eigenvalue weighted by atomic mass is 10.1. The van der Waals surface area contributed by atoms with Crippen LogP contribution in [0.15, 0.2) is 54.6 Å². The maximum atomic E-state index is 11.7. The Labute approximate surface area is 175 Å². The van der Waals surface area contributed by atoms with Gasteiger partial charge in [0.15, 0.2) is 0 Å². The van der Waals surface area contributed by atoms with E-state index >= 15 is 0 Å². The van der Waals surface area contributed by atoms with Crippen molar-refractivity contribution in [3.63, 3.8) is 0 Å². The van der Waals surface area contributed by atoms with Gasteiger partial charge in [0, 0.05) is 19.5 Å². The first-order valence-corrected chi connectivity index (χ1v) is 9.46. The van der Waals surface area contributed by atoms with Crippen molar-refractivity contribution < 1.29 is 29.3 Å². The number of carboxylic acids is 1. The van der Waals surface area contributed by atoms with Crippen molar-refractivity contribution in [1.82, 2.24) is 10.3 Å². The van der Waals surface area contributed by atoms with Crippen molar-refractivity contribution >= 4 is 12.1 Å². The van der Waals surface area contributed by atoms with Gasteiger partial charge in [-0.05, 0) is 23.3 Å². The zero-order valence-corrected chi connectivity index (χ0v) is 16.5. The number of phenols is 1. The Morgan fingerprint density at radius 3 is 2.23 bits per heavy atom. The van der Waals surface area contributed by atoms with E-state index in [1.807, 2.05) is 18.2 Å². The molecule has 2 aromatic rings. The molecule has 1 amide bonds. The molecular weight excluding hydrogens is 390 g/mol. The molecule has 2 aromatic carbocycles. The maximum absolute atomic E-state index is 11.7. The van der Waals surface area contributed by atoms with E-state index in [1.54, 1.807) is 24.3 Å². The normalized spacial score (nSPS) is 14.7. The number of alkyl carbamates (subject to hydrolysis) is 1. The second kappa shape index (κ2) is 12.4. The molecule has 1 heterocycles. The van der Waals surface area contributed by atoms with E-state index in [0.717, 1.165) is 31.9 Å². The fourth-order valence-corrected chi connectivity index (χ4v) is 2.54. The Morgan fingerprint density at radius 1 is 1.07 bits per heavy atom. The number of carbonyl (C=O) groups excluding carboxylic acids is 1. The number of rotatable bonds is 6. The molecule has 9 nitrogen and oxygen atoms in total. The zero-order chi connectivity index (χ0) is 21.8. The number of nitrogens with one attached hydrogen (secondary N) is 2. The van der Waals surface area contributed by atoms with Gasteiger partial charge in [0.25, 0.3) is 0 Å². The predicted octanol–water partition coefficient (Wildman–Crippen LogP) is 2.60. The molecule has 0 bridgehead atoms. The van der Waals surface area contributed by atoms with Gasteiger partial charge in [-0.2, -0.15) is 0 Å². The fourth-order valence-electron chi connectivity index (χ4n) is 2.54. The van der Waals surface area contributed by atoms with Crippen molar-refractivity contribution in [2.24, 2.45) is 0 Å². The molecular formula is C21H26N3O6-. The SMILES string of the molecule is O=C(N[C@@H](Cc1ccc(O)cc1)C(=O)O)OCc1ccccc1.[NH-]N1CCOCC1. The first-order chi connectivity index (χ1) is 14.4. The molecule has 1 saturated heterocycles. The van der Waals surface area contributed by atoms with E-state index in [9.17, 15) is 19.8 Å². The minimum absolute atomic E-state index is 0.0677. The summed E-state index contributed by atoms with van der Waals surface area (Å²) in [6.07, 6.45) is -0.698. The second-order valence-corrected chi connectivity index (χ2v) is 6.57. The molecule has 0 aliphatic carbocycles. The third-order valence-electron chi connectivity index (χ3n) is 4.19. The molecule has 0 spiro atoms. The lowest BCUT2D eigenvalue weighted by Crippen LogP contribution is -2.42. The van der Waals surface area contributed by atoms with Crippen LogP contribution in [0.3, 0.4) is 0 Å². The molecule has 9 heteroatoms. The van der Waals surface area contributed by atoms with Crippen LogP contribution >= 0.6 is 0 Å². The summed E-state index contributed by atoms with van der Waals surface area (Å²) in [4.78, 5) is 23.0. The van der Waals surface area contributed by atoms with Crippen molar-refractivity contribution in [1.29, 1.82) is 0 Å². The monoisotopic (exact) mass is 416 g/mol. The number of ether oxygens (including phenoxy) is 2. The summed E-state index contributed by atoms with van der Waals surface area (Å²) < 4.78 is 9.99. The Kier molecular flexibility index (Phi) is 9.59. The van der Waals surface area contributed by atoms with E-state index in [-0.39, 0.29) is 18.8 Å². The molecule has 1 atom stereocenters. The molecule has 4 N–H and O–H groups in total. The molecule has 1 aliphatic rings. The summed E-state index contributed by atoms with van der Waals surface area (Å²) in [7, 11) is 0. The summed E-state index contributed by atoms with van der Waals surface area (Å²) >= 11 is 0. The average Bonchev–Trinajstić information content (AvgIpc) is 2.75. The van der Waals surface area contributed by atoms with Crippen molar-refractivity contribution in [3.05, 3.63) is 71.6 Å². The topological polar surface area (TPSA) is 132 Å². The Hall–Kier alpha value is -3.14. The van der Waals surface area contributed by atoms with Crippen LogP contribution in [0.4, 0.5) is 4.79 Å². The molecule has 0 aromatic heterocycles. The van der Waals surface area contributed by atoms with Gasteiger partial charge in [0.1, 0.15) is 18.4 Å². The van der Waals surface area contributed by atoms with Crippen LogP contribution in [0.2, 0.25) is 0 Å². The van der Waals surface area contributed by atoms with Crippen molar-refractivity contribution in [2.75, 3.05) is 26.3 Å². The van der Waals surface area contributed by atoms with Gasteiger partial charge in [-0.3, -0.25) is 0 Å². The number of aliphatic carboxylic acids is 1. The molecule has 3 rings (SSSR count). The molecule has 1 fully saturated rings. The summed E-state index contributed by atoms with van der Waals surface area (Å²) in [5, 5.41) is 22.3. The van der Waals surface area contributed by atoms with Crippen LogP contribution in [0, 0.1) is 0 Å². The number of hydrogen-bond acceptors (Lipinski definition) is 6. The molecule has 162 valence electrons. The fraction of sp³-hybridized carbons (Fsp3) is 0.333. The first-order valence-electron chi connectivity index (χ1n) is 9.46. The first kappa shape index (κ1) is 23.1. The lowest BCUT2D eigenvalue weighted by molar-refractivity contribution is -0.139. The largest absolute Gasteiger partial charge is 0.609 e. The summed E-state index contributed by atoms with van der Waals surface area (Å²) in [5.41, 5.74) is 1.49. The van der Waals surface area contributed by atoms with Gasteiger partial charge >= 0.3 is 12.1 Å². The highest BCUT2D eigenvalue weighted by Gasteiger charge is 2.21. The number of benzene rings is 2. The highest BCUT2D eigenvalue weighted by Crippen LogP contribution is 2.11. The number of phenolic OH excluding ortho intramolecular Hbond substituents is 1. The standard InChI is InChI=1S/C17H17NO5.C4H9N2O/c19-14-8-6-12(7-9-14)10-15(16(20)21)18-17(22)23-11-13-4-2-1-3-5-13;5-6-1-3-7-4-2-6/h1-9,15,19H,10-11H2,(H,18,22)(H,20,21);5H,1-4H2/q;-1/t15-;/m0./s1. The third kappa shape index (κ3) is 8.91. The van der Waals surface area contributed by atoms with Gasteiger partial charge in [0.05, 0.1) is 13.2 Å². The molecule has 0 saturated carbocycles. The quantitative estimate of drug-likeness (QED) is 0.659. The van der Waals surface area contributed by atoms with Gasteiger partial charge in [-0.1, -0.05) is 42.5 Å². The Balaban J connectivity index is 0.000000386. The van der Waals surface area contributed by atoms with E-state index in [2.05, 4.69) is 5.32 Å². The summed E-state index contributed by atoms with van der Waals surface area (Å²) in [5.74, 6) is 5.96. The number of carbonyl (C=O) groups is 2.